The van der Waals surface area contributed by atoms with E-state index in [0.29, 0.717) is 12.1 Å². The highest BCUT2D eigenvalue weighted by atomic mass is 16.3. The third-order valence-electron chi connectivity index (χ3n) is 3.97. The van der Waals surface area contributed by atoms with Crippen LogP contribution in [0.4, 0.5) is 0 Å². The maximum absolute atomic E-state index is 10.3. The summed E-state index contributed by atoms with van der Waals surface area (Å²) in [6, 6.07) is 11.4. The predicted octanol–water partition coefficient (Wildman–Crippen LogP) is 2.98. The van der Waals surface area contributed by atoms with Gasteiger partial charge in [-0.3, -0.25) is 0 Å². The van der Waals surface area contributed by atoms with Crippen molar-refractivity contribution >= 4 is 11.0 Å². The van der Waals surface area contributed by atoms with Gasteiger partial charge in [-0.2, -0.15) is 0 Å². The summed E-state index contributed by atoms with van der Waals surface area (Å²) in [6.45, 7) is 8.39. The minimum atomic E-state index is 0.152. The van der Waals surface area contributed by atoms with Crippen molar-refractivity contribution in [2.24, 2.45) is 0 Å². The van der Waals surface area contributed by atoms with Gasteiger partial charge in [0.25, 0.3) is 0 Å². The van der Waals surface area contributed by atoms with Gasteiger partial charge in [-0.25, -0.2) is 0 Å². The van der Waals surface area contributed by atoms with Crippen molar-refractivity contribution < 1.29 is 10.2 Å². The molecule has 26 heavy (non-hydrogen) atoms. The van der Waals surface area contributed by atoms with Gasteiger partial charge in [-0.1, -0.05) is 32.0 Å². The van der Waals surface area contributed by atoms with E-state index in [9.17, 15) is 5.11 Å². The quantitative estimate of drug-likeness (QED) is 0.632. The third-order valence-corrected chi connectivity index (χ3v) is 3.97. The van der Waals surface area contributed by atoms with E-state index < -0.39 is 0 Å². The Hall–Kier alpha value is -2.44. The van der Waals surface area contributed by atoms with Gasteiger partial charge in [0.2, 0.25) is 0 Å². The molecule has 3 aromatic rings. The molecule has 0 spiro atoms. The highest BCUT2D eigenvalue weighted by molar-refractivity contribution is 5.73. The van der Waals surface area contributed by atoms with E-state index in [0.717, 1.165) is 41.7 Å². The lowest BCUT2D eigenvalue weighted by molar-refractivity contribution is 0.288. The molecule has 0 atom stereocenters. The average Bonchev–Trinajstić information content (AvgIpc) is 3.07. The van der Waals surface area contributed by atoms with Crippen LogP contribution in [0.5, 0.6) is 5.75 Å². The van der Waals surface area contributed by atoms with Crippen LogP contribution in [-0.2, 0) is 6.42 Å². The van der Waals surface area contributed by atoms with Crippen molar-refractivity contribution in [3.63, 3.8) is 0 Å². The van der Waals surface area contributed by atoms with Gasteiger partial charge in [0.1, 0.15) is 22.5 Å². The maximum atomic E-state index is 10.3. The molecule has 2 aromatic carbocycles. The zero-order valence-corrected chi connectivity index (χ0v) is 15.7. The Bertz CT molecular complexity index is 795. The van der Waals surface area contributed by atoms with E-state index in [2.05, 4.69) is 29.4 Å². The van der Waals surface area contributed by atoms with Crippen molar-refractivity contribution in [3.8, 4) is 11.4 Å². The number of aliphatic hydroxyl groups excluding tert-OH is 1. The molecule has 0 bridgehead atoms. The number of nitrogens with one attached hydrogen (secondary N) is 1. The summed E-state index contributed by atoms with van der Waals surface area (Å²) in [5, 5.41) is 31.1. The van der Waals surface area contributed by atoms with Crippen molar-refractivity contribution in [3.05, 3.63) is 47.5 Å². The maximum Gasteiger partial charge on any atom is 0.146 e. The molecule has 1 aromatic heterocycles. The van der Waals surface area contributed by atoms with Crippen LogP contribution in [0.3, 0.4) is 0 Å². The molecule has 6 nitrogen and oxygen atoms in total. The van der Waals surface area contributed by atoms with E-state index >= 15 is 0 Å². The van der Waals surface area contributed by atoms with Gasteiger partial charge in [0.15, 0.2) is 0 Å². The van der Waals surface area contributed by atoms with Crippen LogP contribution in [0, 0.1) is 6.92 Å². The van der Waals surface area contributed by atoms with Gasteiger partial charge in [0.05, 0.1) is 0 Å². The van der Waals surface area contributed by atoms with Crippen molar-refractivity contribution in [1.29, 1.82) is 0 Å². The Balaban J connectivity index is 0.000000431. The third kappa shape index (κ3) is 5.03. The fourth-order valence-corrected chi connectivity index (χ4v) is 2.63. The normalized spacial score (nSPS) is 10.6. The number of fused-ring (bicyclic) bond motifs is 1. The summed E-state index contributed by atoms with van der Waals surface area (Å²) in [7, 11) is 0. The number of phenols is 1. The Kier molecular flexibility index (Phi) is 7.56. The lowest BCUT2D eigenvalue weighted by Gasteiger charge is -2.09. The van der Waals surface area contributed by atoms with Gasteiger partial charge in [0, 0.05) is 6.61 Å². The molecule has 140 valence electrons. The van der Waals surface area contributed by atoms with Gasteiger partial charge >= 0.3 is 0 Å². The summed E-state index contributed by atoms with van der Waals surface area (Å²) in [5.41, 5.74) is 3.97. The first-order valence-corrected chi connectivity index (χ1v) is 9.07. The van der Waals surface area contributed by atoms with Gasteiger partial charge in [-0.05, 0) is 62.2 Å². The van der Waals surface area contributed by atoms with Crippen molar-refractivity contribution in [2.75, 3.05) is 19.7 Å². The summed E-state index contributed by atoms with van der Waals surface area (Å²) >= 11 is 0. The van der Waals surface area contributed by atoms with Crippen LogP contribution in [0.2, 0.25) is 0 Å². The molecule has 1 heterocycles. The van der Waals surface area contributed by atoms with Crippen LogP contribution >= 0.6 is 0 Å². The van der Waals surface area contributed by atoms with E-state index in [1.165, 1.54) is 4.80 Å². The molecular weight excluding hydrogens is 328 g/mol. The highest BCUT2D eigenvalue weighted by Crippen LogP contribution is 2.27. The molecule has 3 N–H and O–H groups in total. The SMILES string of the molecule is CCNCC.Cc1cc(CCCO)cc(-n2nc3ccccc3n2)c1O. The fourth-order valence-electron chi connectivity index (χ4n) is 2.63. The second-order valence-electron chi connectivity index (χ2n) is 6.04. The number of rotatable bonds is 6. The van der Waals surface area contributed by atoms with Crippen LogP contribution in [0.1, 0.15) is 31.4 Å². The summed E-state index contributed by atoms with van der Waals surface area (Å²) < 4.78 is 0. The van der Waals surface area contributed by atoms with Crippen molar-refractivity contribution in [1.82, 2.24) is 20.3 Å². The number of aromatic nitrogens is 3. The Morgan fingerprint density at radius 3 is 2.15 bits per heavy atom. The Morgan fingerprint density at radius 2 is 1.65 bits per heavy atom. The standard InChI is InChI=1S/C16H17N3O2.C4H11N/c1-11-9-12(5-4-8-20)10-15(16(11)21)19-17-13-6-2-3-7-14(13)18-19;1-3-5-4-2/h2-3,6-7,9-10,20-21H,4-5,8H2,1H3;5H,3-4H2,1-2H3. The predicted molar refractivity (Wildman–Crippen MR) is 105 cm³/mol. The molecule has 0 aliphatic carbocycles. The molecule has 6 heteroatoms. The second kappa shape index (κ2) is 9.89. The number of nitrogens with zero attached hydrogens (tertiary/aromatic N) is 3. The lowest BCUT2D eigenvalue weighted by atomic mass is 10.0. The number of aryl methyl sites for hydroxylation is 2. The first-order valence-electron chi connectivity index (χ1n) is 9.07. The molecule has 0 saturated heterocycles. The molecule has 0 saturated carbocycles. The zero-order valence-electron chi connectivity index (χ0n) is 15.7. The van der Waals surface area contributed by atoms with Crippen LogP contribution in [0.25, 0.3) is 16.7 Å². The highest BCUT2D eigenvalue weighted by Gasteiger charge is 2.12. The first kappa shape index (κ1) is 19.9. The Labute approximate surface area is 154 Å². The van der Waals surface area contributed by atoms with E-state index in [-0.39, 0.29) is 12.4 Å². The second-order valence-corrected chi connectivity index (χ2v) is 6.04. The largest absolute Gasteiger partial charge is 0.505 e. The number of aliphatic hydroxyl groups is 1. The molecule has 0 aliphatic heterocycles. The number of hydrogen-bond acceptors (Lipinski definition) is 5. The monoisotopic (exact) mass is 356 g/mol. The Morgan fingerprint density at radius 1 is 1.04 bits per heavy atom. The van der Waals surface area contributed by atoms with Crippen molar-refractivity contribution in [2.45, 2.75) is 33.6 Å². The summed E-state index contributed by atoms with van der Waals surface area (Å²) in [6.07, 6.45) is 1.45. The average molecular weight is 356 g/mol. The minimum Gasteiger partial charge on any atom is -0.505 e. The molecule has 3 rings (SSSR count). The minimum absolute atomic E-state index is 0.152. The smallest absolute Gasteiger partial charge is 0.146 e. The first-order chi connectivity index (χ1) is 12.6. The van der Waals surface area contributed by atoms with Crippen LogP contribution < -0.4 is 5.32 Å². The molecular formula is C20H28N4O2. The van der Waals surface area contributed by atoms with E-state index in [4.69, 9.17) is 5.11 Å². The molecule has 0 aliphatic rings. The fraction of sp³-hybridized carbons (Fsp3) is 0.400. The number of aromatic hydroxyl groups is 1. The lowest BCUT2D eigenvalue weighted by Crippen LogP contribution is -2.09. The van der Waals surface area contributed by atoms with E-state index in [1.54, 1.807) is 0 Å². The summed E-state index contributed by atoms with van der Waals surface area (Å²) in [4.78, 5) is 1.47. The zero-order chi connectivity index (χ0) is 18.9. The topological polar surface area (TPSA) is 83.2 Å². The summed E-state index contributed by atoms with van der Waals surface area (Å²) in [5.74, 6) is 0.183. The molecule has 0 unspecified atom stereocenters. The van der Waals surface area contributed by atoms with Gasteiger partial charge in [-0.15, -0.1) is 15.0 Å². The molecule has 0 amide bonds. The number of phenolic OH excluding ortho intramolecular Hbond substituents is 1. The number of hydrogen-bond donors (Lipinski definition) is 3. The van der Waals surface area contributed by atoms with Crippen LogP contribution in [-0.4, -0.2) is 44.9 Å². The van der Waals surface area contributed by atoms with Crippen LogP contribution in [0.15, 0.2) is 36.4 Å². The molecule has 0 radical (unpaired) electrons. The van der Waals surface area contributed by atoms with Gasteiger partial charge < -0.3 is 15.5 Å². The van der Waals surface area contributed by atoms with E-state index in [1.807, 2.05) is 43.3 Å². The number of benzene rings is 2. The molecule has 0 fully saturated rings.